The summed E-state index contributed by atoms with van der Waals surface area (Å²) in [6.45, 7) is 0. The van der Waals surface area contributed by atoms with Crippen molar-refractivity contribution in [1.82, 2.24) is 32.9 Å². The van der Waals surface area contributed by atoms with Gasteiger partial charge >= 0.3 is 21.1 Å². The number of pyridine rings is 1. The molecule has 0 aliphatic rings. The van der Waals surface area contributed by atoms with Crippen LogP contribution in [0.25, 0.3) is 67.1 Å². The summed E-state index contributed by atoms with van der Waals surface area (Å²) < 4.78 is 14.9. The van der Waals surface area contributed by atoms with E-state index in [0.717, 1.165) is 67.1 Å². The summed E-state index contributed by atoms with van der Waals surface area (Å²) in [7, 11) is 0. The van der Waals surface area contributed by atoms with E-state index in [9.17, 15) is 0 Å². The molecule has 0 fully saturated rings. The van der Waals surface area contributed by atoms with Crippen LogP contribution < -0.4 is 4.74 Å². The summed E-state index contributed by atoms with van der Waals surface area (Å²) in [5, 5.41) is 0. The summed E-state index contributed by atoms with van der Waals surface area (Å²) in [5.41, 5.74) is 9.69. The average Bonchev–Trinajstić information content (AvgIpc) is 3.81. The van der Waals surface area contributed by atoms with E-state index in [1.54, 1.807) is 12.4 Å². The van der Waals surface area contributed by atoms with E-state index in [4.69, 9.17) is 14.7 Å². The molecule has 0 unspecified atom stereocenters. The molecule has 46 heavy (non-hydrogen) atoms. The normalized spacial score (nSPS) is 11.7. The summed E-state index contributed by atoms with van der Waals surface area (Å²) >= 11 is 0. The number of rotatable bonds is 4. The van der Waals surface area contributed by atoms with Crippen molar-refractivity contribution in [3.8, 4) is 22.9 Å². The second kappa shape index (κ2) is 10.2. The molecule has 0 N–H and O–H groups in total. The van der Waals surface area contributed by atoms with E-state index >= 15 is 0 Å². The van der Waals surface area contributed by atoms with Crippen LogP contribution >= 0.6 is 0 Å². The van der Waals surface area contributed by atoms with Crippen molar-refractivity contribution in [2.45, 2.75) is 0 Å². The molecular weight excluding hydrogens is 754 g/mol. The van der Waals surface area contributed by atoms with Gasteiger partial charge in [0.1, 0.15) is 0 Å². The fourth-order valence-corrected chi connectivity index (χ4v) is 6.45. The van der Waals surface area contributed by atoms with Gasteiger partial charge in [0.2, 0.25) is 11.6 Å². The number of hydrogen-bond donors (Lipinski definition) is 0. The average molecular weight is 775 g/mol. The van der Waals surface area contributed by atoms with Crippen molar-refractivity contribution >= 4 is 55.7 Å². The molecule has 220 valence electrons. The maximum absolute atomic E-state index is 6.37. The van der Waals surface area contributed by atoms with E-state index in [1.807, 2.05) is 78.9 Å². The molecular formula is C37H21N7OPt. The van der Waals surface area contributed by atoms with Gasteiger partial charge in [0.05, 0.1) is 44.1 Å². The van der Waals surface area contributed by atoms with E-state index in [2.05, 4.69) is 71.5 Å². The van der Waals surface area contributed by atoms with Crippen molar-refractivity contribution in [2.75, 3.05) is 0 Å². The monoisotopic (exact) mass is 774 g/mol. The first kappa shape index (κ1) is 26.7. The van der Waals surface area contributed by atoms with Crippen LogP contribution in [-0.4, -0.2) is 32.9 Å². The third-order valence-electron chi connectivity index (χ3n) is 8.31. The van der Waals surface area contributed by atoms with Gasteiger partial charge in [0, 0.05) is 11.5 Å². The van der Waals surface area contributed by atoms with E-state index < -0.39 is 0 Å². The van der Waals surface area contributed by atoms with Crippen LogP contribution in [0.4, 0.5) is 0 Å². The van der Waals surface area contributed by atoms with Gasteiger partial charge in [-0.2, -0.15) is 6.07 Å². The number of hydrogen-bond acceptors (Lipinski definition) is 4. The van der Waals surface area contributed by atoms with Gasteiger partial charge in [-0.25, -0.2) is 9.97 Å². The first-order valence-electron chi connectivity index (χ1n) is 14.6. The smallest absolute Gasteiger partial charge is 0.508 e. The van der Waals surface area contributed by atoms with Crippen LogP contribution in [0.2, 0.25) is 0 Å². The van der Waals surface area contributed by atoms with Crippen molar-refractivity contribution in [3.63, 3.8) is 0 Å². The second-order valence-corrected chi connectivity index (χ2v) is 10.9. The fourth-order valence-electron chi connectivity index (χ4n) is 6.45. The van der Waals surface area contributed by atoms with Crippen LogP contribution in [0.5, 0.6) is 11.5 Å². The molecule has 0 aliphatic carbocycles. The molecule has 0 saturated heterocycles. The number of fused-ring (bicyclic) bond motifs is 10. The molecule has 8 nitrogen and oxygen atoms in total. The van der Waals surface area contributed by atoms with E-state index in [0.29, 0.717) is 11.5 Å². The van der Waals surface area contributed by atoms with Crippen LogP contribution in [-0.2, 0) is 21.1 Å². The van der Waals surface area contributed by atoms with Gasteiger partial charge in [0.15, 0.2) is 0 Å². The zero-order valence-corrected chi connectivity index (χ0v) is 26.3. The largest absolute Gasteiger partial charge is 2.00 e. The van der Waals surface area contributed by atoms with Crippen molar-refractivity contribution < 1.29 is 25.8 Å². The zero-order valence-electron chi connectivity index (χ0n) is 24.0. The number of ether oxygens (including phenoxy) is 1. The number of imidazole rings is 4. The Morgan fingerprint density at radius 2 is 0.957 bits per heavy atom. The Labute approximate surface area is 276 Å². The predicted molar refractivity (Wildman–Crippen MR) is 175 cm³/mol. The molecule has 0 aliphatic heterocycles. The number of aromatic nitrogens is 7. The number of nitrogens with zero attached hydrogens (tertiary/aromatic N) is 7. The third kappa shape index (κ3) is 3.80. The summed E-state index contributed by atoms with van der Waals surface area (Å²) in [4.78, 5) is 14.5. The van der Waals surface area contributed by atoms with Gasteiger partial charge in [-0.3, -0.25) is 8.80 Å². The number of para-hydroxylation sites is 8. The molecule has 10 rings (SSSR count). The minimum Gasteiger partial charge on any atom is -0.508 e. The van der Waals surface area contributed by atoms with E-state index in [1.165, 1.54) is 0 Å². The van der Waals surface area contributed by atoms with Crippen LogP contribution in [0.1, 0.15) is 0 Å². The second-order valence-electron chi connectivity index (χ2n) is 10.9. The Hall–Kier alpha value is -5.72. The van der Waals surface area contributed by atoms with Gasteiger partial charge in [-0.1, -0.05) is 60.4 Å². The van der Waals surface area contributed by atoms with Crippen molar-refractivity contribution in [1.29, 1.82) is 0 Å². The van der Waals surface area contributed by atoms with Crippen LogP contribution in [0.15, 0.2) is 128 Å². The summed E-state index contributed by atoms with van der Waals surface area (Å²) in [5.74, 6) is 2.62. The first-order chi connectivity index (χ1) is 22.3. The summed E-state index contributed by atoms with van der Waals surface area (Å²) in [6.07, 6.45) is 3.45. The minimum absolute atomic E-state index is 0. The topological polar surface area (TPSA) is 66.6 Å². The SMILES string of the molecule is [Pt+2].[c-]1c(Oc2[c-]c(-n3c4ccccc4n4c5ccccc5nc34)cnc2)cccc1-n1c2ccccc2n2c3ccccc3nc12. The molecule has 5 aromatic heterocycles. The molecule has 5 heterocycles. The minimum atomic E-state index is 0. The Morgan fingerprint density at radius 1 is 0.457 bits per heavy atom. The van der Waals surface area contributed by atoms with Crippen molar-refractivity contribution in [2.24, 2.45) is 0 Å². The van der Waals surface area contributed by atoms with Gasteiger partial charge < -0.3 is 18.9 Å². The Bertz CT molecular complexity index is 2580. The molecule has 0 atom stereocenters. The standard InChI is InChI=1S/C37H21N7O.Pt/c1-3-14-30-28(12-1)39-36-41(32-16-5-7-18-34(32)43(30)36)24-10-9-11-26(20-24)45-27-21-25(22-38-23-27)42-33-17-6-8-19-35(33)44-31-15-4-2-13-29(31)40-37(42)44;/h1-19,22-23H;/q-2;+2. The molecule has 0 amide bonds. The molecule has 0 bridgehead atoms. The zero-order chi connectivity index (χ0) is 29.5. The molecule has 0 radical (unpaired) electrons. The van der Waals surface area contributed by atoms with E-state index in [-0.39, 0.29) is 21.1 Å². The maximum Gasteiger partial charge on any atom is 2.00 e. The first-order valence-corrected chi connectivity index (χ1v) is 14.6. The summed E-state index contributed by atoms with van der Waals surface area (Å²) in [6, 6.07) is 45.7. The Balaban J connectivity index is 0.00000292. The van der Waals surface area contributed by atoms with Gasteiger partial charge in [0.25, 0.3) is 0 Å². The predicted octanol–water partition coefficient (Wildman–Crippen LogP) is 7.96. The molecule has 0 spiro atoms. The van der Waals surface area contributed by atoms with Gasteiger partial charge in [-0.15, -0.1) is 24.3 Å². The van der Waals surface area contributed by atoms with Crippen molar-refractivity contribution in [3.05, 3.63) is 140 Å². The Kier molecular flexibility index (Phi) is 5.89. The molecule has 10 aromatic rings. The van der Waals surface area contributed by atoms with Crippen LogP contribution in [0, 0.1) is 12.1 Å². The number of benzene rings is 5. The van der Waals surface area contributed by atoms with Crippen LogP contribution in [0.3, 0.4) is 0 Å². The molecule has 0 saturated carbocycles. The maximum atomic E-state index is 6.37. The third-order valence-corrected chi connectivity index (χ3v) is 8.31. The molecule has 5 aromatic carbocycles. The molecule has 9 heteroatoms. The quantitative estimate of drug-likeness (QED) is 0.170. The van der Waals surface area contributed by atoms with Gasteiger partial charge in [-0.05, 0) is 60.4 Å². The Morgan fingerprint density at radius 3 is 1.57 bits per heavy atom. The fraction of sp³-hybridized carbons (Fsp3) is 0.